The molecule has 0 radical (unpaired) electrons. The van der Waals surface area contributed by atoms with Crippen LogP contribution in [0.4, 0.5) is 0 Å². The van der Waals surface area contributed by atoms with E-state index in [2.05, 4.69) is 28.5 Å². The van der Waals surface area contributed by atoms with Crippen LogP contribution in [0.1, 0.15) is 16.8 Å². The molecular formula is C17H14N2O2. The quantitative estimate of drug-likeness (QED) is 0.794. The van der Waals surface area contributed by atoms with Crippen molar-refractivity contribution < 1.29 is 9.90 Å². The summed E-state index contributed by atoms with van der Waals surface area (Å²) < 4.78 is 0. The lowest BCUT2D eigenvalue weighted by molar-refractivity contribution is 0.0696. The van der Waals surface area contributed by atoms with Gasteiger partial charge in [-0.2, -0.15) is 0 Å². The predicted octanol–water partition coefficient (Wildman–Crippen LogP) is 0.714. The van der Waals surface area contributed by atoms with Gasteiger partial charge < -0.3 is 10.4 Å². The van der Waals surface area contributed by atoms with Gasteiger partial charge in [-0.1, -0.05) is 24.3 Å². The second kappa shape index (κ2) is 4.45. The maximum absolute atomic E-state index is 11.1. The third-order valence-electron chi connectivity index (χ3n) is 4.15. The van der Waals surface area contributed by atoms with Crippen molar-refractivity contribution in [2.45, 2.75) is 6.42 Å². The summed E-state index contributed by atoms with van der Waals surface area (Å²) in [6, 6.07) is 1.68. The van der Waals surface area contributed by atoms with Crippen LogP contribution >= 0.6 is 0 Å². The molecule has 1 aliphatic heterocycles. The van der Waals surface area contributed by atoms with Crippen LogP contribution in [0, 0.1) is 5.92 Å². The van der Waals surface area contributed by atoms with Crippen LogP contribution in [0.5, 0.6) is 0 Å². The van der Waals surface area contributed by atoms with Crippen molar-refractivity contribution in [3.05, 3.63) is 64.0 Å². The monoisotopic (exact) mass is 278 g/mol. The molecule has 4 rings (SSSR count). The van der Waals surface area contributed by atoms with Gasteiger partial charge in [-0.15, -0.1) is 0 Å². The van der Waals surface area contributed by atoms with Gasteiger partial charge in [0.15, 0.2) is 0 Å². The molecule has 4 heteroatoms. The summed E-state index contributed by atoms with van der Waals surface area (Å²) in [6.45, 7) is 1.00. The number of allylic oxidation sites excluding steroid dienone is 5. The van der Waals surface area contributed by atoms with E-state index in [-0.39, 0.29) is 5.56 Å². The molecule has 0 spiro atoms. The smallest absolute Gasteiger partial charge is 0.337 e. The molecule has 2 heterocycles. The number of nitrogens with one attached hydrogen (secondary N) is 1. The molecule has 0 bridgehead atoms. The SMILES string of the molecule is O=C(O)c1cnc2c(c1)=CC=CC1=CC3CCNC3=CC=21. The Morgan fingerprint density at radius 2 is 2.33 bits per heavy atom. The summed E-state index contributed by atoms with van der Waals surface area (Å²) >= 11 is 0. The molecule has 1 aromatic heterocycles. The van der Waals surface area contributed by atoms with E-state index in [4.69, 9.17) is 5.11 Å². The number of aromatic nitrogens is 1. The van der Waals surface area contributed by atoms with Crippen LogP contribution in [-0.2, 0) is 0 Å². The molecule has 1 atom stereocenters. The van der Waals surface area contributed by atoms with Crippen LogP contribution in [0.25, 0.3) is 11.6 Å². The number of pyridine rings is 1. The molecule has 3 aliphatic rings. The van der Waals surface area contributed by atoms with E-state index in [9.17, 15) is 4.79 Å². The summed E-state index contributed by atoms with van der Waals surface area (Å²) in [7, 11) is 0. The molecule has 4 nitrogen and oxygen atoms in total. The molecular weight excluding hydrogens is 264 g/mol. The van der Waals surface area contributed by atoms with Gasteiger partial charge in [-0.3, -0.25) is 4.98 Å². The molecule has 0 aromatic carbocycles. The first-order chi connectivity index (χ1) is 10.2. The minimum atomic E-state index is -0.952. The summed E-state index contributed by atoms with van der Waals surface area (Å²) in [5.41, 5.74) is 3.68. The summed E-state index contributed by atoms with van der Waals surface area (Å²) in [5, 5.41) is 14.2. The highest BCUT2D eigenvalue weighted by Gasteiger charge is 2.24. The molecule has 1 saturated heterocycles. The van der Waals surface area contributed by atoms with E-state index < -0.39 is 5.97 Å². The Morgan fingerprint density at radius 3 is 3.19 bits per heavy atom. The third-order valence-corrected chi connectivity index (χ3v) is 4.15. The van der Waals surface area contributed by atoms with Crippen LogP contribution in [-0.4, -0.2) is 22.6 Å². The highest BCUT2D eigenvalue weighted by atomic mass is 16.4. The standard InChI is InChI=1S/C17H14N2O2/c20-17(21)13-7-12-3-1-2-10-6-11-4-5-18-15(11)8-14(10)16(12)19-9-13/h1-3,6-9,11,18H,4-5H2,(H,20,21). The lowest BCUT2D eigenvalue weighted by atomic mass is 9.90. The topological polar surface area (TPSA) is 62.2 Å². The van der Waals surface area contributed by atoms with Gasteiger partial charge in [0.05, 0.1) is 10.9 Å². The largest absolute Gasteiger partial charge is 0.478 e. The maximum Gasteiger partial charge on any atom is 0.337 e. The molecule has 2 N–H and O–H groups in total. The van der Waals surface area contributed by atoms with Gasteiger partial charge >= 0.3 is 5.97 Å². The Morgan fingerprint density at radius 1 is 1.43 bits per heavy atom. The van der Waals surface area contributed by atoms with E-state index in [0.717, 1.165) is 34.7 Å². The number of carboxylic acids is 1. The number of fused-ring (bicyclic) bond motifs is 3. The van der Waals surface area contributed by atoms with Gasteiger partial charge in [-0.05, 0) is 24.1 Å². The van der Waals surface area contributed by atoms with Crippen LogP contribution in [0.15, 0.2) is 47.8 Å². The minimum Gasteiger partial charge on any atom is -0.478 e. The van der Waals surface area contributed by atoms with Crippen LogP contribution < -0.4 is 15.9 Å². The summed E-state index contributed by atoms with van der Waals surface area (Å²) in [4.78, 5) is 15.5. The first-order valence-corrected chi connectivity index (χ1v) is 7.02. The number of rotatable bonds is 1. The molecule has 21 heavy (non-hydrogen) atoms. The van der Waals surface area contributed by atoms with E-state index in [1.807, 2.05) is 12.2 Å². The molecule has 1 unspecified atom stereocenters. The number of hydrogen-bond acceptors (Lipinski definition) is 3. The molecule has 0 amide bonds. The third kappa shape index (κ3) is 1.91. The Labute approximate surface area is 121 Å². The molecule has 1 fully saturated rings. The normalized spacial score (nSPS) is 21.9. The second-order valence-electron chi connectivity index (χ2n) is 5.45. The molecule has 0 saturated carbocycles. The number of hydrogen-bond donors (Lipinski definition) is 2. The number of carboxylic acid groups (broad SMARTS) is 1. The van der Waals surface area contributed by atoms with E-state index in [1.54, 1.807) is 6.07 Å². The van der Waals surface area contributed by atoms with Crippen molar-refractivity contribution >= 4 is 17.6 Å². The van der Waals surface area contributed by atoms with Crippen molar-refractivity contribution in [1.29, 1.82) is 0 Å². The Hall–Kier alpha value is -2.62. The fourth-order valence-electron chi connectivity index (χ4n) is 3.09. The van der Waals surface area contributed by atoms with Crippen molar-refractivity contribution in [1.82, 2.24) is 10.3 Å². The molecule has 2 aliphatic carbocycles. The summed E-state index contributed by atoms with van der Waals surface area (Å²) in [5.74, 6) is -0.486. The van der Waals surface area contributed by atoms with Crippen molar-refractivity contribution in [3.63, 3.8) is 0 Å². The van der Waals surface area contributed by atoms with Crippen molar-refractivity contribution in [2.24, 2.45) is 5.92 Å². The Bertz CT molecular complexity index is 859. The van der Waals surface area contributed by atoms with Gasteiger partial charge in [0.2, 0.25) is 0 Å². The zero-order chi connectivity index (χ0) is 14.4. The minimum absolute atomic E-state index is 0.215. The van der Waals surface area contributed by atoms with Crippen molar-refractivity contribution in [2.75, 3.05) is 6.54 Å². The molecule has 104 valence electrons. The van der Waals surface area contributed by atoms with E-state index in [0.29, 0.717) is 5.92 Å². The second-order valence-corrected chi connectivity index (χ2v) is 5.45. The first-order valence-electron chi connectivity index (χ1n) is 7.02. The zero-order valence-electron chi connectivity index (χ0n) is 11.3. The highest BCUT2D eigenvalue weighted by molar-refractivity contribution is 5.87. The highest BCUT2D eigenvalue weighted by Crippen LogP contribution is 2.32. The van der Waals surface area contributed by atoms with E-state index >= 15 is 0 Å². The fraction of sp³-hybridized carbons (Fsp3) is 0.176. The van der Waals surface area contributed by atoms with Gasteiger partial charge in [-0.25, -0.2) is 4.79 Å². The number of nitrogens with zero attached hydrogens (tertiary/aromatic N) is 1. The van der Waals surface area contributed by atoms with Gasteiger partial charge in [0.1, 0.15) is 0 Å². The average molecular weight is 278 g/mol. The summed E-state index contributed by atoms with van der Waals surface area (Å²) in [6.07, 6.45) is 12.9. The zero-order valence-corrected chi connectivity index (χ0v) is 11.3. The number of carbonyl (C=O) groups is 1. The fourth-order valence-corrected chi connectivity index (χ4v) is 3.09. The first kappa shape index (κ1) is 12.1. The number of aromatic carboxylic acids is 1. The Kier molecular flexibility index (Phi) is 2.57. The molecule has 1 aromatic rings. The lowest BCUT2D eigenvalue weighted by Crippen LogP contribution is -2.32. The van der Waals surface area contributed by atoms with Gasteiger partial charge in [0.25, 0.3) is 0 Å². The van der Waals surface area contributed by atoms with Gasteiger partial charge in [0, 0.05) is 35.1 Å². The van der Waals surface area contributed by atoms with Crippen LogP contribution in [0.3, 0.4) is 0 Å². The Balaban J connectivity index is 2.01. The van der Waals surface area contributed by atoms with Crippen LogP contribution in [0.2, 0.25) is 0 Å². The predicted molar refractivity (Wildman–Crippen MR) is 79.7 cm³/mol. The average Bonchev–Trinajstić information content (AvgIpc) is 2.85. The lowest BCUT2D eigenvalue weighted by Gasteiger charge is -2.16. The maximum atomic E-state index is 11.1. The van der Waals surface area contributed by atoms with Crippen molar-refractivity contribution in [3.8, 4) is 0 Å². The van der Waals surface area contributed by atoms with E-state index in [1.165, 1.54) is 11.9 Å².